The number of amides is 1. The normalized spacial score (nSPS) is 23.0. The van der Waals surface area contributed by atoms with Crippen LogP contribution in [-0.2, 0) is 16.0 Å². The molecule has 1 unspecified atom stereocenters. The van der Waals surface area contributed by atoms with Crippen LogP contribution < -0.4 is 10.6 Å². The Bertz CT molecular complexity index is 443. The number of benzene rings is 1. The van der Waals surface area contributed by atoms with Gasteiger partial charge in [0.1, 0.15) is 0 Å². The number of ether oxygens (including phenoxy) is 1. The first kappa shape index (κ1) is 11.7. The number of hydrogen-bond acceptors (Lipinski definition) is 3. The van der Waals surface area contributed by atoms with Gasteiger partial charge in [-0.3, -0.25) is 4.79 Å². The summed E-state index contributed by atoms with van der Waals surface area (Å²) < 4.78 is 5.62. The molecule has 2 aliphatic heterocycles. The van der Waals surface area contributed by atoms with E-state index >= 15 is 0 Å². The van der Waals surface area contributed by atoms with Crippen molar-refractivity contribution in [1.29, 1.82) is 0 Å². The average molecular weight is 246 g/mol. The molecule has 1 aromatic rings. The van der Waals surface area contributed by atoms with Gasteiger partial charge in [0.15, 0.2) is 6.10 Å². The maximum Gasteiger partial charge on any atom is 0.253 e. The summed E-state index contributed by atoms with van der Waals surface area (Å²) in [6.07, 6.45) is 0.468. The number of carbonyl (C=O) groups is 1. The average Bonchev–Trinajstić information content (AvgIpc) is 2.36. The summed E-state index contributed by atoms with van der Waals surface area (Å²) in [5.74, 6) is 0.571. The fraction of sp³-hybridized carbons (Fsp3) is 0.500. The number of rotatable bonds is 3. The Morgan fingerprint density at radius 1 is 1.39 bits per heavy atom. The van der Waals surface area contributed by atoms with Crippen LogP contribution in [0.3, 0.4) is 0 Å². The predicted octanol–water partition coefficient (Wildman–Crippen LogP) is 0.636. The van der Waals surface area contributed by atoms with Crippen LogP contribution in [0.5, 0.6) is 0 Å². The van der Waals surface area contributed by atoms with E-state index in [0.29, 0.717) is 12.5 Å². The highest BCUT2D eigenvalue weighted by atomic mass is 16.5. The SMILES string of the molecule is O=C(NCC1CNC1)C1OCCc2ccccc21. The van der Waals surface area contributed by atoms with E-state index in [0.717, 1.165) is 31.6 Å². The fourth-order valence-corrected chi connectivity index (χ4v) is 2.44. The van der Waals surface area contributed by atoms with Crippen molar-refractivity contribution in [1.82, 2.24) is 10.6 Å². The molecule has 2 heterocycles. The van der Waals surface area contributed by atoms with Crippen LogP contribution in [-0.4, -0.2) is 32.1 Å². The fourth-order valence-electron chi connectivity index (χ4n) is 2.44. The van der Waals surface area contributed by atoms with Crippen molar-refractivity contribution in [2.75, 3.05) is 26.2 Å². The molecule has 1 atom stereocenters. The Hall–Kier alpha value is -1.39. The molecule has 2 aliphatic rings. The predicted molar refractivity (Wildman–Crippen MR) is 68.2 cm³/mol. The Morgan fingerprint density at radius 3 is 3.00 bits per heavy atom. The molecule has 1 saturated heterocycles. The number of hydrogen-bond donors (Lipinski definition) is 2. The third kappa shape index (κ3) is 2.26. The van der Waals surface area contributed by atoms with Gasteiger partial charge in [0.25, 0.3) is 5.91 Å². The Balaban J connectivity index is 1.66. The third-order valence-electron chi connectivity index (χ3n) is 3.66. The molecule has 4 nitrogen and oxygen atoms in total. The van der Waals surface area contributed by atoms with Crippen molar-refractivity contribution in [2.24, 2.45) is 5.92 Å². The number of carbonyl (C=O) groups excluding carboxylic acids is 1. The molecular weight excluding hydrogens is 228 g/mol. The minimum absolute atomic E-state index is 0.00551. The lowest BCUT2D eigenvalue weighted by Gasteiger charge is -2.29. The summed E-state index contributed by atoms with van der Waals surface area (Å²) in [7, 11) is 0. The van der Waals surface area contributed by atoms with Crippen LogP contribution in [0, 0.1) is 5.92 Å². The first-order chi connectivity index (χ1) is 8.84. The van der Waals surface area contributed by atoms with Crippen molar-refractivity contribution in [2.45, 2.75) is 12.5 Å². The molecule has 2 N–H and O–H groups in total. The van der Waals surface area contributed by atoms with E-state index in [1.807, 2.05) is 18.2 Å². The largest absolute Gasteiger partial charge is 0.363 e. The number of nitrogens with one attached hydrogen (secondary N) is 2. The standard InChI is InChI=1S/C14H18N2O2/c17-14(16-9-10-7-15-8-10)13-12-4-2-1-3-11(12)5-6-18-13/h1-4,10,13,15H,5-9H2,(H,16,17). The number of fused-ring (bicyclic) bond motifs is 1. The molecular formula is C14H18N2O2. The quantitative estimate of drug-likeness (QED) is 0.822. The van der Waals surface area contributed by atoms with E-state index in [9.17, 15) is 4.79 Å². The topological polar surface area (TPSA) is 50.4 Å². The second kappa shape index (κ2) is 5.08. The Morgan fingerprint density at radius 2 is 2.22 bits per heavy atom. The van der Waals surface area contributed by atoms with Gasteiger partial charge in [0.05, 0.1) is 6.61 Å². The van der Waals surface area contributed by atoms with Crippen LogP contribution in [0.1, 0.15) is 17.2 Å². The summed E-state index contributed by atoms with van der Waals surface area (Å²) in [5, 5.41) is 6.19. The molecule has 18 heavy (non-hydrogen) atoms. The molecule has 0 spiro atoms. The van der Waals surface area contributed by atoms with E-state index in [1.54, 1.807) is 0 Å². The van der Waals surface area contributed by atoms with Crippen molar-refractivity contribution in [3.05, 3.63) is 35.4 Å². The van der Waals surface area contributed by atoms with Gasteiger partial charge in [-0.05, 0) is 17.5 Å². The first-order valence-electron chi connectivity index (χ1n) is 6.52. The van der Waals surface area contributed by atoms with Gasteiger partial charge in [-0.15, -0.1) is 0 Å². The Kier molecular flexibility index (Phi) is 3.30. The molecule has 0 bridgehead atoms. The maximum absolute atomic E-state index is 12.1. The van der Waals surface area contributed by atoms with E-state index in [-0.39, 0.29) is 5.91 Å². The zero-order chi connectivity index (χ0) is 12.4. The maximum atomic E-state index is 12.1. The molecule has 1 aromatic carbocycles. The van der Waals surface area contributed by atoms with E-state index in [4.69, 9.17) is 4.74 Å². The van der Waals surface area contributed by atoms with Crippen molar-refractivity contribution >= 4 is 5.91 Å². The zero-order valence-electron chi connectivity index (χ0n) is 10.3. The third-order valence-corrected chi connectivity index (χ3v) is 3.66. The second-order valence-corrected chi connectivity index (χ2v) is 4.97. The van der Waals surface area contributed by atoms with E-state index in [1.165, 1.54) is 5.56 Å². The minimum Gasteiger partial charge on any atom is -0.363 e. The van der Waals surface area contributed by atoms with Crippen molar-refractivity contribution in [3.8, 4) is 0 Å². The van der Waals surface area contributed by atoms with Gasteiger partial charge in [-0.1, -0.05) is 24.3 Å². The van der Waals surface area contributed by atoms with Crippen molar-refractivity contribution in [3.63, 3.8) is 0 Å². The molecule has 3 rings (SSSR count). The monoisotopic (exact) mass is 246 g/mol. The van der Waals surface area contributed by atoms with Gasteiger partial charge >= 0.3 is 0 Å². The lowest BCUT2D eigenvalue weighted by atomic mass is 9.97. The lowest BCUT2D eigenvalue weighted by molar-refractivity contribution is -0.134. The van der Waals surface area contributed by atoms with Gasteiger partial charge in [-0.2, -0.15) is 0 Å². The van der Waals surface area contributed by atoms with E-state index in [2.05, 4.69) is 16.7 Å². The summed E-state index contributed by atoms with van der Waals surface area (Å²) in [5.41, 5.74) is 2.25. The molecule has 4 heteroatoms. The zero-order valence-corrected chi connectivity index (χ0v) is 10.3. The molecule has 0 saturated carbocycles. The molecule has 0 radical (unpaired) electrons. The highest BCUT2D eigenvalue weighted by Crippen LogP contribution is 2.26. The molecule has 1 fully saturated rings. The second-order valence-electron chi connectivity index (χ2n) is 4.97. The van der Waals surface area contributed by atoms with Gasteiger partial charge < -0.3 is 15.4 Å². The summed E-state index contributed by atoms with van der Waals surface area (Å²) in [6.45, 7) is 3.37. The van der Waals surface area contributed by atoms with Crippen LogP contribution in [0.2, 0.25) is 0 Å². The van der Waals surface area contributed by atoms with Crippen LogP contribution in [0.15, 0.2) is 24.3 Å². The Labute approximate surface area is 107 Å². The highest BCUT2D eigenvalue weighted by molar-refractivity contribution is 5.82. The summed E-state index contributed by atoms with van der Waals surface area (Å²) >= 11 is 0. The van der Waals surface area contributed by atoms with Crippen LogP contribution in [0.4, 0.5) is 0 Å². The molecule has 1 amide bonds. The minimum atomic E-state index is -0.428. The molecule has 0 aromatic heterocycles. The summed E-state index contributed by atoms with van der Waals surface area (Å²) in [4.78, 5) is 12.1. The lowest BCUT2D eigenvalue weighted by Crippen LogP contribution is -2.49. The first-order valence-corrected chi connectivity index (χ1v) is 6.52. The van der Waals surface area contributed by atoms with Crippen LogP contribution >= 0.6 is 0 Å². The molecule has 96 valence electrons. The highest BCUT2D eigenvalue weighted by Gasteiger charge is 2.28. The van der Waals surface area contributed by atoms with Gasteiger partial charge in [0.2, 0.25) is 0 Å². The summed E-state index contributed by atoms with van der Waals surface area (Å²) in [6, 6.07) is 8.04. The smallest absolute Gasteiger partial charge is 0.253 e. The van der Waals surface area contributed by atoms with Gasteiger partial charge in [-0.25, -0.2) is 0 Å². The van der Waals surface area contributed by atoms with Gasteiger partial charge in [0, 0.05) is 25.6 Å². The van der Waals surface area contributed by atoms with Crippen LogP contribution in [0.25, 0.3) is 0 Å². The van der Waals surface area contributed by atoms with Crippen molar-refractivity contribution < 1.29 is 9.53 Å². The molecule has 0 aliphatic carbocycles. The van der Waals surface area contributed by atoms with E-state index < -0.39 is 6.10 Å².